The first kappa shape index (κ1) is 28.5. The summed E-state index contributed by atoms with van der Waals surface area (Å²) in [7, 11) is -2.88. The second-order valence-corrected chi connectivity index (χ2v) is 10.6. The molecule has 0 saturated carbocycles. The van der Waals surface area contributed by atoms with E-state index in [0.29, 0.717) is 29.9 Å². The van der Waals surface area contributed by atoms with Crippen molar-refractivity contribution < 1.29 is 43.9 Å². The molecule has 12 heteroatoms. The number of nitrogens with zero attached hydrogens (tertiary/aromatic N) is 1. The van der Waals surface area contributed by atoms with Crippen molar-refractivity contribution in [3.05, 3.63) is 64.6 Å². The number of allylic oxidation sites excluding steroid dienone is 1. The van der Waals surface area contributed by atoms with E-state index in [2.05, 4.69) is 0 Å². The van der Waals surface area contributed by atoms with Gasteiger partial charge in [-0.05, 0) is 84.9 Å². The number of carbonyl (C=O) groups is 2. The lowest BCUT2D eigenvalue weighted by atomic mass is 9.58. The van der Waals surface area contributed by atoms with E-state index in [-0.39, 0.29) is 37.1 Å². The Bertz CT molecular complexity index is 1340. The van der Waals surface area contributed by atoms with Gasteiger partial charge >= 0.3 is 14.2 Å². The van der Waals surface area contributed by atoms with Crippen molar-refractivity contribution in [1.29, 1.82) is 0 Å². The largest absolute Gasteiger partial charge is 0.488 e. The molecule has 0 spiro atoms. The Morgan fingerprint density at radius 3 is 2.60 bits per heavy atom. The maximum atomic E-state index is 13.8. The molecule has 3 aliphatic rings. The molecule has 3 heterocycles. The summed E-state index contributed by atoms with van der Waals surface area (Å²) < 4.78 is 11.5. The van der Waals surface area contributed by atoms with Crippen LogP contribution >= 0.6 is 0 Å². The molecular weight excluding hydrogens is 516 g/mol. The summed E-state index contributed by atoms with van der Waals surface area (Å²) in [6, 6.07) is 9.52. The third-order valence-electron chi connectivity index (χ3n) is 8.29. The second-order valence-electron chi connectivity index (χ2n) is 10.6. The standard InChI is InChI=1S/C28H33B2NO9/c1-2-16(10-20-7-8-21(15-33)39-20)6-9-24-25-17(14-32)11-22-26(23(25)13-29(36)40-24)28(35)31(27(22)34)19-5-3-4-18(12-19)30(37)38/h3-5,7-8,10,12,22-24,26,32-33,36-38H,2,6,9,11,13-15H2,1H3/b16-10+/t22-,23+,24-,26-/m1/s1. The molecule has 0 radical (unpaired) electrons. The smallest absolute Gasteiger partial charge is 0.459 e. The van der Waals surface area contributed by atoms with Crippen LogP contribution in [0.1, 0.15) is 44.1 Å². The summed E-state index contributed by atoms with van der Waals surface area (Å²) in [5.74, 6) is -1.59. The molecule has 4 atom stereocenters. The summed E-state index contributed by atoms with van der Waals surface area (Å²) in [5.41, 5.74) is 2.93. The lowest BCUT2D eigenvalue weighted by Gasteiger charge is -2.43. The number of hydrogen-bond acceptors (Lipinski definition) is 9. The normalized spacial score (nSPS) is 25.0. The van der Waals surface area contributed by atoms with E-state index in [1.165, 1.54) is 12.1 Å². The lowest BCUT2D eigenvalue weighted by molar-refractivity contribution is -0.122. The number of anilines is 1. The van der Waals surface area contributed by atoms with Crippen LogP contribution in [-0.2, 0) is 20.9 Å². The topological polar surface area (TPSA) is 161 Å². The van der Waals surface area contributed by atoms with E-state index in [1.54, 1.807) is 24.3 Å². The van der Waals surface area contributed by atoms with E-state index in [1.807, 2.05) is 13.0 Å². The zero-order valence-electron chi connectivity index (χ0n) is 22.3. The summed E-state index contributed by atoms with van der Waals surface area (Å²) in [6.45, 7) is 1.55. The SMILES string of the molecule is CC/C(=C\c1ccc(CO)o1)CC[C@H]1OB(O)C[C@H]2C1=C(CO)C[C@H]1C(=O)N(c3cccc(B(O)O)c3)C(=O)[C@H]12. The van der Waals surface area contributed by atoms with Gasteiger partial charge in [0.25, 0.3) is 0 Å². The van der Waals surface area contributed by atoms with Crippen LogP contribution in [0, 0.1) is 17.8 Å². The highest BCUT2D eigenvalue weighted by Crippen LogP contribution is 2.51. The predicted octanol–water partition coefficient (Wildman–Crippen LogP) is 1.02. The molecule has 2 aliphatic heterocycles. The van der Waals surface area contributed by atoms with Gasteiger partial charge < -0.3 is 34.4 Å². The van der Waals surface area contributed by atoms with Gasteiger partial charge in [0, 0.05) is 0 Å². The quantitative estimate of drug-likeness (QED) is 0.175. The predicted molar refractivity (Wildman–Crippen MR) is 148 cm³/mol. The molecule has 5 rings (SSSR count). The number of rotatable bonds is 9. The summed E-state index contributed by atoms with van der Waals surface area (Å²) in [4.78, 5) is 28.4. The fourth-order valence-corrected chi connectivity index (χ4v) is 6.41. The third kappa shape index (κ3) is 5.35. The molecule has 2 saturated heterocycles. The molecule has 5 N–H and O–H groups in total. The fourth-order valence-electron chi connectivity index (χ4n) is 6.41. The number of hydrogen-bond donors (Lipinski definition) is 5. The van der Waals surface area contributed by atoms with E-state index in [4.69, 9.17) is 9.07 Å². The first-order chi connectivity index (χ1) is 19.2. The molecule has 2 amide bonds. The minimum atomic E-state index is -1.75. The highest BCUT2D eigenvalue weighted by molar-refractivity contribution is 6.58. The highest BCUT2D eigenvalue weighted by atomic mass is 16.5. The maximum absolute atomic E-state index is 13.8. The first-order valence-corrected chi connectivity index (χ1v) is 13.6. The molecule has 1 aromatic heterocycles. The molecule has 2 aromatic rings. The molecule has 210 valence electrons. The van der Waals surface area contributed by atoms with Crippen LogP contribution in [0.4, 0.5) is 5.69 Å². The zero-order valence-corrected chi connectivity index (χ0v) is 22.3. The molecule has 2 fully saturated rings. The minimum Gasteiger partial charge on any atom is -0.459 e. The van der Waals surface area contributed by atoms with Gasteiger partial charge in [0.2, 0.25) is 11.8 Å². The van der Waals surface area contributed by atoms with Gasteiger partial charge in [-0.15, -0.1) is 0 Å². The molecule has 10 nitrogen and oxygen atoms in total. The molecule has 0 unspecified atom stereocenters. The highest BCUT2D eigenvalue weighted by Gasteiger charge is 2.57. The Labute approximate surface area is 232 Å². The van der Waals surface area contributed by atoms with Gasteiger partial charge in [0.1, 0.15) is 18.1 Å². The Kier molecular flexibility index (Phi) is 8.46. The van der Waals surface area contributed by atoms with Crippen LogP contribution in [0.25, 0.3) is 6.08 Å². The monoisotopic (exact) mass is 549 g/mol. The van der Waals surface area contributed by atoms with E-state index in [0.717, 1.165) is 22.5 Å². The Hall–Kier alpha value is -2.99. The molecule has 1 aliphatic carbocycles. The van der Waals surface area contributed by atoms with E-state index in [9.17, 15) is 34.9 Å². The maximum Gasteiger partial charge on any atom is 0.488 e. The zero-order chi connectivity index (χ0) is 28.6. The number of imide groups is 1. The van der Waals surface area contributed by atoms with Crippen molar-refractivity contribution in [3.8, 4) is 0 Å². The molecule has 1 aromatic carbocycles. The van der Waals surface area contributed by atoms with Crippen LogP contribution in [0.2, 0.25) is 6.32 Å². The second kappa shape index (κ2) is 11.9. The summed E-state index contributed by atoms with van der Waals surface area (Å²) in [5, 5.41) is 49.4. The molecule has 0 bridgehead atoms. The number of furan rings is 1. The Balaban J connectivity index is 1.41. The van der Waals surface area contributed by atoms with Gasteiger partial charge in [-0.2, -0.15) is 0 Å². The van der Waals surface area contributed by atoms with Crippen molar-refractivity contribution in [1.82, 2.24) is 0 Å². The number of carbonyl (C=O) groups excluding carboxylic acids is 2. The van der Waals surface area contributed by atoms with Crippen LogP contribution in [0.15, 0.2) is 57.5 Å². The van der Waals surface area contributed by atoms with Gasteiger partial charge in [-0.25, -0.2) is 0 Å². The van der Waals surface area contributed by atoms with E-state index < -0.39 is 49.9 Å². The number of amides is 2. The Morgan fingerprint density at radius 1 is 1.12 bits per heavy atom. The third-order valence-corrected chi connectivity index (χ3v) is 8.29. The van der Waals surface area contributed by atoms with Crippen LogP contribution in [0.3, 0.4) is 0 Å². The number of aliphatic hydroxyl groups is 2. The summed E-state index contributed by atoms with van der Waals surface area (Å²) >= 11 is 0. The van der Waals surface area contributed by atoms with Gasteiger partial charge in [0.15, 0.2) is 0 Å². The number of benzene rings is 1. The van der Waals surface area contributed by atoms with Crippen molar-refractivity contribution in [2.75, 3.05) is 11.5 Å². The van der Waals surface area contributed by atoms with Crippen molar-refractivity contribution >= 4 is 43.3 Å². The van der Waals surface area contributed by atoms with Crippen molar-refractivity contribution in [2.24, 2.45) is 17.8 Å². The Morgan fingerprint density at radius 2 is 1.93 bits per heavy atom. The average Bonchev–Trinajstić information content (AvgIpc) is 3.51. The minimum absolute atomic E-state index is 0.131. The van der Waals surface area contributed by atoms with Gasteiger partial charge in [-0.1, -0.05) is 24.6 Å². The van der Waals surface area contributed by atoms with Crippen LogP contribution < -0.4 is 10.4 Å². The van der Waals surface area contributed by atoms with Crippen molar-refractivity contribution in [3.63, 3.8) is 0 Å². The van der Waals surface area contributed by atoms with Gasteiger partial charge in [-0.3, -0.25) is 14.5 Å². The molecule has 40 heavy (non-hydrogen) atoms. The average molecular weight is 549 g/mol. The lowest BCUT2D eigenvalue weighted by Crippen LogP contribution is -2.46. The fraction of sp³-hybridized carbons (Fsp3) is 0.429. The van der Waals surface area contributed by atoms with E-state index >= 15 is 0 Å². The number of fused-ring (bicyclic) bond motifs is 3. The number of aliphatic hydroxyl groups excluding tert-OH is 2. The first-order valence-electron chi connectivity index (χ1n) is 13.6. The van der Waals surface area contributed by atoms with Crippen molar-refractivity contribution in [2.45, 2.75) is 51.6 Å². The summed E-state index contributed by atoms with van der Waals surface area (Å²) in [6.07, 6.45) is 3.57. The molecular formula is C28H33B2NO9. The van der Waals surface area contributed by atoms with Crippen LogP contribution in [0.5, 0.6) is 0 Å². The van der Waals surface area contributed by atoms with Crippen LogP contribution in [-0.4, -0.2) is 64.0 Å². The van der Waals surface area contributed by atoms with Gasteiger partial charge in [0.05, 0.1) is 30.2 Å².